The maximum atomic E-state index is 13.0. The Labute approximate surface area is 190 Å². The molecule has 0 fully saturated rings. The molecule has 1 amide bonds. The van der Waals surface area contributed by atoms with Gasteiger partial charge in [0.15, 0.2) is 12.4 Å². The third-order valence-electron chi connectivity index (χ3n) is 4.68. The van der Waals surface area contributed by atoms with Crippen molar-refractivity contribution < 1.29 is 27.1 Å². The molecule has 0 bridgehead atoms. The zero-order valence-corrected chi connectivity index (χ0v) is 17.5. The molecule has 1 heterocycles. The Morgan fingerprint density at radius 2 is 1.73 bits per heavy atom. The summed E-state index contributed by atoms with van der Waals surface area (Å²) in [5, 5.41) is 3.06. The minimum atomic E-state index is -4.55. The molecule has 1 aromatic heterocycles. The fourth-order valence-corrected chi connectivity index (χ4v) is 3.28. The van der Waals surface area contributed by atoms with Gasteiger partial charge in [-0.2, -0.15) is 13.2 Å². The summed E-state index contributed by atoms with van der Waals surface area (Å²) in [5.74, 6) is -0.846. The number of benzene rings is 3. The first-order chi connectivity index (χ1) is 15.7. The van der Waals surface area contributed by atoms with Crippen LogP contribution in [0.25, 0.3) is 22.3 Å². The van der Waals surface area contributed by atoms with Crippen molar-refractivity contribution in [1.29, 1.82) is 0 Å². The summed E-state index contributed by atoms with van der Waals surface area (Å²) in [6.45, 7) is -0.625. The van der Waals surface area contributed by atoms with Crippen LogP contribution in [0.4, 0.5) is 18.9 Å². The largest absolute Gasteiger partial charge is 0.476 e. The highest BCUT2D eigenvalue weighted by atomic mass is 35.5. The van der Waals surface area contributed by atoms with Gasteiger partial charge in [-0.3, -0.25) is 9.59 Å². The average molecular weight is 474 g/mol. The van der Waals surface area contributed by atoms with E-state index in [1.165, 1.54) is 12.1 Å². The summed E-state index contributed by atoms with van der Waals surface area (Å²) >= 11 is 5.94. The van der Waals surface area contributed by atoms with Gasteiger partial charge in [0, 0.05) is 16.3 Å². The molecule has 0 aliphatic heterocycles. The average Bonchev–Trinajstić information content (AvgIpc) is 2.78. The summed E-state index contributed by atoms with van der Waals surface area (Å²) in [7, 11) is 0. The van der Waals surface area contributed by atoms with E-state index in [0.29, 0.717) is 16.2 Å². The number of amides is 1. The number of para-hydroxylation sites is 1. The number of carbonyl (C=O) groups is 1. The molecule has 0 aliphatic rings. The van der Waals surface area contributed by atoms with Gasteiger partial charge in [0.2, 0.25) is 11.2 Å². The lowest BCUT2D eigenvalue weighted by atomic mass is 10.1. The molecule has 0 spiro atoms. The number of rotatable bonds is 5. The lowest BCUT2D eigenvalue weighted by Crippen LogP contribution is -2.23. The van der Waals surface area contributed by atoms with Crippen molar-refractivity contribution in [3.63, 3.8) is 0 Å². The van der Waals surface area contributed by atoms with E-state index in [2.05, 4.69) is 5.32 Å². The van der Waals surface area contributed by atoms with Gasteiger partial charge >= 0.3 is 6.18 Å². The molecule has 168 valence electrons. The zero-order chi connectivity index (χ0) is 23.6. The molecule has 1 N–H and O–H groups in total. The molecule has 0 unspecified atom stereocenters. The Bertz CT molecular complexity index is 1380. The van der Waals surface area contributed by atoms with E-state index in [4.69, 9.17) is 20.8 Å². The maximum absolute atomic E-state index is 13.0. The highest BCUT2D eigenvalue weighted by molar-refractivity contribution is 6.30. The molecule has 0 saturated carbocycles. The van der Waals surface area contributed by atoms with Gasteiger partial charge in [-0.25, -0.2) is 0 Å². The van der Waals surface area contributed by atoms with Gasteiger partial charge in [0.1, 0.15) is 5.58 Å². The minimum absolute atomic E-state index is 0.0538. The number of fused-ring (bicyclic) bond motifs is 1. The Hall–Kier alpha value is -3.78. The molecule has 0 saturated heterocycles. The standard InChI is InChI=1S/C24H15ClF3NO4/c25-16-10-8-14(9-11-16)22-23(21(31)18-6-1-2-7-19(18)33-22)32-13-20(30)29-17-5-3-4-15(12-17)24(26,27)28/h1-12H,13H2,(H,29,30). The van der Waals surface area contributed by atoms with Gasteiger partial charge in [0.25, 0.3) is 5.91 Å². The molecule has 0 atom stereocenters. The first kappa shape index (κ1) is 22.4. The quantitative estimate of drug-likeness (QED) is 0.377. The number of alkyl halides is 3. The number of carbonyl (C=O) groups excluding carboxylic acids is 1. The SMILES string of the molecule is O=C(COc1c(-c2ccc(Cl)cc2)oc2ccccc2c1=O)Nc1cccc(C(F)(F)F)c1. The fourth-order valence-electron chi connectivity index (χ4n) is 3.16. The van der Waals surface area contributed by atoms with Crippen LogP contribution in [-0.2, 0) is 11.0 Å². The van der Waals surface area contributed by atoms with Crippen LogP contribution >= 0.6 is 11.6 Å². The van der Waals surface area contributed by atoms with E-state index < -0.39 is 29.7 Å². The van der Waals surface area contributed by atoms with Crippen LogP contribution in [0.2, 0.25) is 5.02 Å². The van der Waals surface area contributed by atoms with Crippen LogP contribution in [0.3, 0.4) is 0 Å². The summed E-state index contributed by atoms with van der Waals surface area (Å²) in [4.78, 5) is 25.4. The van der Waals surface area contributed by atoms with E-state index in [1.807, 2.05) is 0 Å². The highest BCUT2D eigenvalue weighted by Crippen LogP contribution is 2.32. The van der Waals surface area contributed by atoms with Gasteiger partial charge in [0.05, 0.1) is 10.9 Å². The Kier molecular flexibility index (Phi) is 6.11. The topological polar surface area (TPSA) is 68.5 Å². The molecule has 5 nitrogen and oxygen atoms in total. The second-order valence-corrected chi connectivity index (χ2v) is 7.44. The van der Waals surface area contributed by atoms with Crippen LogP contribution < -0.4 is 15.5 Å². The lowest BCUT2D eigenvalue weighted by Gasteiger charge is -2.13. The van der Waals surface area contributed by atoms with E-state index in [1.54, 1.807) is 48.5 Å². The van der Waals surface area contributed by atoms with Crippen LogP contribution in [0.15, 0.2) is 82.0 Å². The number of nitrogens with one attached hydrogen (secondary N) is 1. The van der Waals surface area contributed by atoms with Crippen molar-refractivity contribution in [1.82, 2.24) is 0 Å². The molecule has 33 heavy (non-hydrogen) atoms. The normalized spacial score (nSPS) is 11.4. The van der Waals surface area contributed by atoms with E-state index >= 15 is 0 Å². The van der Waals surface area contributed by atoms with Crippen molar-refractivity contribution in [3.8, 4) is 17.1 Å². The number of hydrogen-bond acceptors (Lipinski definition) is 4. The second-order valence-electron chi connectivity index (χ2n) is 7.01. The zero-order valence-electron chi connectivity index (χ0n) is 16.8. The van der Waals surface area contributed by atoms with Gasteiger partial charge in [-0.1, -0.05) is 29.8 Å². The number of anilines is 1. The number of halogens is 4. The number of ether oxygens (including phenoxy) is 1. The first-order valence-electron chi connectivity index (χ1n) is 9.64. The van der Waals surface area contributed by atoms with Crippen LogP contribution in [0.5, 0.6) is 5.75 Å². The van der Waals surface area contributed by atoms with Crippen LogP contribution in [0, 0.1) is 0 Å². The van der Waals surface area contributed by atoms with Crippen molar-refractivity contribution in [3.05, 3.63) is 93.6 Å². The summed E-state index contributed by atoms with van der Waals surface area (Å²) in [6.07, 6.45) is -4.55. The van der Waals surface area contributed by atoms with Crippen molar-refractivity contribution >= 4 is 34.2 Å². The molecule has 9 heteroatoms. The second kappa shape index (κ2) is 8.99. The van der Waals surface area contributed by atoms with Crippen molar-refractivity contribution in [2.24, 2.45) is 0 Å². The van der Waals surface area contributed by atoms with Gasteiger partial charge in [-0.05, 0) is 54.6 Å². The maximum Gasteiger partial charge on any atom is 0.416 e. The molecular weight excluding hydrogens is 459 g/mol. The highest BCUT2D eigenvalue weighted by Gasteiger charge is 2.30. The molecule has 0 aliphatic carbocycles. The molecule has 3 aromatic carbocycles. The summed E-state index contributed by atoms with van der Waals surface area (Å²) in [6, 6.07) is 17.2. The van der Waals surface area contributed by atoms with Crippen LogP contribution in [0.1, 0.15) is 5.56 Å². The van der Waals surface area contributed by atoms with E-state index in [-0.39, 0.29) is 22.6 Å². The van der Waals surface area contributed by atoms with Gasteiger partial charge in [-0.15, -0.1) is 0 Å². The smallest absolute Gasteiger partial charge is 0.416 e. The van der Waals surface area contributed by atoms with Crippen LogP contribution in [-0.4, -0.2) is 12.5 Å². The van der Waals surface area contributed by atoms with E-state index in [0.717, 1.165) is 12.1 Å². The lowest BCUT2D eigenvalue weighted by molar-refractivity contribution is -0.137. The summed E-state index contributed by atoms with van der Waals surface area (Å²) < 4.78 is 50.1. The molecule has 4 rings (SSSR count). The number of hydrogen-bond donors (Lipinski definition) is 1. The predicted molar refractivity (Wildman–Crippen MR) is 118 cm³/mol. The monoisotopic (exact) mass is 473 g/mol. The molecule has 4 aromatic rings. The van der Waals surface area contributed by atoms with E-state index in [9.17, 15) is 22.8 Å². The Morgan fingerprint density at radius 3 is 2.45 bits per heavy atom. The first-order valence-corrected chi connectivity index (χ1v) is 10.0. The third-order valence-corrected chi connectivity index (χ3v) is 4.94. The van der Waals surface area contributed by atoms with Gasteiger partial charge < -0.3 is 14.5 Å². The Balaban J connectivity index is 1.62. The minimum Gasteiger partial charge on any atom is -0.476 e. The van der Waals surface area contributed by atoms with Crippen molar-refractivity contribution in [2.45, 2.75) is 6.18 Å². The predicted octanol–water partition coefficient (Wildman–Crippen LogP) is 6.15. The molecule has 0 radical (unpaired) electrons. The fraction of sp³-hybridized carbons (Fsp3) is 0.0833. The summed E-state index contributed by atoms with van der Waals surface area (Å²) in [5.41, 5.74) is -0.624. The van der Waals surface area contributed by atoms with Crippen molar-refractivity contribution in [2.75, 3.05) is 11.9 Å². The molecular formula is C24H15ClF3NO4. The Morgan fingerprint density at radius 1 is 1.00 bits per heavy atom. The third kappa shape index (κ3) is 5.01.